The fourth-order valence-corrected chi connectivity index (χ4v) is 2.30. The number of hydrogen-bond acceptors (Lipinski definition) is 4. The number of anilines is 2. The fraction of sp³-hybridized carbons (Fsp3) is 0.500. The third-order valence-corrected chi connectivity index (χ3v) is 3.23. The van der Waals surface area contributed by atoms with Crippen molar-refractivity contribution in [3.05, 3.63) is 22.2 Å². The lowest BCUT2D eigenvalue weighted by molar-refractivity contribution is 0.0695. The van der Waals surface area contributed by atoms with Crippen LogP contribution in [0.1, 0.15) is 5.56 Å². The van der Waals surface area contributed by atoms with E-state index in [0.717, 1.165) is 21.4 Å². The number of methoxy groups -OCH3 is 1. The summed E-state index contributed by atoms with van der Waals surface area (Å²) in [5.74, 6) is 0. The summed E-state index contributed by atoms with van der Waals surface area (Å²) in [6.07, 6.45) is -0.505. The number of ether oxygens (including phenoxy) is 1. The van der Waals surface area contributed by atoms with Gasteiger partial charge in [0.1, 0.15) is 0 Å². The lowest BCUT2D eigenvalue weighted by atomic mass is 10.1. The Labute approximate surface area is 110 Å². The van der Waals surface area contributed by atoms with Crippen molar-refractivity contribution in [2.45, 2.75) is 13.0 Å². The van der Waals surface area contributed by atoms with Crippen LogP contribution in [0.5, 0.6) is 0 Å². The predicted octanol–water partition coefficient (Wildman–Crippen LogP) is 1.78. The number of nitrogen functional groups attached to an aromatic ring is 1. The maximum atomic E-state index is 9.69. The van der Waals surface area contributed by atoms with Gasteiger partial charge in [-0.1, -0.05) is 0 Å². The number of rotatable bonds is 5. The molecule has 0 bridgehead atoms. The van der Waals surface area contributed by atoms with Crippen LogP contribution in [0.15, 0.2) is 16.6 Å². The maximum Gasteiger partial charge on any atom is 0.0947 e. The molecule has 5 heteroatoms. The molecule has 1 atom stereocenters. The van der Waals surface area contributed by atoms with Gasteiger partial charge in [0.05, 0.1) is 18.4 Å². The van der Waals surface area contributed by atoms with Gasteiger partial charge in [-0.25, -0.2) is 0 Å². The van der Waals surface area contributed by atoms with Gasteiger partial charge in [-0.05, 0) is 40.5 Å². The van der Waals surface area contributed by atoms with E-state index in [4.69, 9.17) is 10.5 Å². The molecule has 0 aliphatic carbocycles. The molecule has 0 aliphatic rings. The Bertz CT molecular complexity index is 385. The van der Waals surface area contributed by atoms with Gasteiger partial charge >= 0.3 is 0 Å². The molecular formula is C12H19BrN2O2. The minimum Gasteiger partial charge on any atom is -0.398 e. The minimum absolute atomic E-state index is 0.329. The van der Waals surface area contributed by atoms with E-state index in [9.17, 15) is 5.11 Å². The van der Waals surface area contributed by atoms with E-state index in [1.54, 1.807) is 7.11 Å². The molecule has 0 aliphatic heterocycles. The second-order valence-corrected chi connectivity index (χ2v) is 5.00. The number of nitrogens with two attached hydrogens (primary N) is 1. The first-order valence-electron chi connectivity index (χ1n) is 5.39. The summed E-state index contributed by atoms with van der Waals surface area (Å²) < 4.78 is 5.83. The molecule has 1 aromatic carbocycles. The molecule has 96 valence electrons. The Hall–Kier alpha value is -0.780. The average Bonchev–Trinajstić information content (AvgIpc) is 2.23. The lowest BCUT2D eigenvalue weighted by Gasteiger charge is -2.24. The van der Waals surface area contributed by atoms with Crippen molar-refractivity contribution in [3.8, 4) is 0 Å². The molecular weight excluding hydrogens is 284 g/mol. The second-order valence-electron chi connectivity index (χ2n) is 4.15. The SMILES string of the molecule is COCC(O)CN(C)c1cc(C)c(N)cc1Br. The van der Waals surface area contributed by atoms with Crippen molar-refractivity contribution in [2.24, 2.45) is 0 Å². The van der Waals surface area contributed by atoms with E-state index in [1.807, 2.05) is 31.0 Å². The number of aliphatic hydroxyl groups is 1. The van der Waals surface area contributed by atoms with Crippen molar-refractivity contribution < 1.29 is 9.84 Å². The van der Waals surface area contributed by atoms with Crippen LogP contribution in [0.3, 0.4) is 0 Å². The van der Waals surface area contributed by atoms with Gasteiger partial charge in [-0.3, -0.25) is 0 Å². The van der Waals surface area contributed by atoms with Gasteiger partial charge in [-0.2, -0.15) is 0 Å². The number of halogens is 1. The van der Waals surface area contributed by atoms with E-state index in [1.165, 1.54) is 0 Å². The minimum atomic E-state index is -0.505. The molecule has 1 aromatic rings. The summed E-state index contributed by atoms with van der Waals surface area (Å²) in [4.78, 5) is 1.97. The zero-order valence-corrected chi connectivity index (χ0v) is 12.0. The standard InChI is InChI=1S/C12H19BrN2O2/c1-8-4-12(10(13)5-11(8)14)15(2)6-9(16)7-17-3/h4-5,9,16H,6-7,14H2,1-3H3. The Morgan fingerprint density at radius 1 is 1.53 bits per heavy atom. The van der Waals surface area contributed by atoms with Crippen LogP contribution in [0.4, 0.5) is 11.4 Å². The van der Waals surface area contributed by atoms with Gasteiger partial charge in [-0.15, -0.1) is 0 Å². The van der Waals surface area contributed by atoms with E-state index in [2.05, 4.69) is 15.9 Å². The maximum absolute atomic E-state index is 9.69. The van der Waals surface area contributed by atoms with Crippen LogP contribution in [-0.4, -0.2) is 38.5 Å². The third-order valence-electron chi connectivity index (χ3n) is 2.59. The quantitative estimate of drug-likeness (QED) is 0.814. The van der Waals surface area contributed by atoms with Crippen molar-refractivity contribution in [3.63, 3.8) is 0 Å². The monoisotopic (exact) mass is 302 g/mol. The van der Waals surface area contributed by atoms with E-state index in [0.29, 0.717) is 13.2 Å². The Morgan fingerprint density at radius 2 is 2.18 bits per heavy atom. The highest BCUT2D eigenvalue weighted by molar-refractivity contribution is 9.10. The van der Waals surface area contributed by atoms with Crippen LogP contribution < -0.4 is 10.6 Å². The zero-order chi connectivity index (χ0) is 13.0. The van der Waals surface area contributed by atoms with Gasteiger partial charge < -0.3 is 20.5 Å². The molecule has 0 saturated heterocycles. The number of benzene rings is 1. The van der Waals surface area contributed by atoms with Crippen molar-refractivity contribution in [2.75, 3.05) is 37.9 Å². The first kappa shape index (κ1) is 14.3. The number of aryl methyl sites for hydroxylation is 1. The highest BCUT2D eigenvalue weighted by Gasteiger charge is 2.12. The molecule has 0 saturated carbocycles. The van der Waals surface area contributed by atoms with Crippen LogP contribution in [-0.2, 0) is 4.74 Å². The summed E-state index contributed by atoms with van der Waals surface area (Å²) in [7, 11) is 3.50. The number of hydrogen-bond donors (Lipinski definition) is 2. The first-order chi connectivity index (χ1) is 7.95. The Morgan fingerprint density at radius 3 is 2.76 bits per heavy atom. The summed E-state index contributed by atoms with van der Waals surface area (Å²) in [6, 6.07) is 3.88. The van der Waals surface area contributed by atoms with Gasteiger partial charge in [0.2, 0.25) is 0 Å². The molecule has 0 aromatic heterocycles. The fourth-order valence-electron chi connectivity index (χ4n) is 1.63. The summed E-state index contributed by atoms with van der Waals surface area (Å²) in [6.45, 7) is 2.80. The molecule has 0 radical (unpaired) electrons. The smallest absolute Gasteiger partial charge is 0.0947 e. The number of nitrogens with zero attached hydrogens (tertiary/aromatic N) is 1. The van der Waals surface area contributed by atoms with Crippen LogP contribution in [0.25, 0.3) is 0 Å². The average molecular weight is 303 g/mol. The molecule has 1 unspecified atom stereocenters. The summed E-state index contributed by atoms with van der Waals surface area (Å²) >= 11 is 3.48. The Balaban J connectivity index is 2.81. The highest BCUT2D eigenvalue weighted by Crippen LogP contribution is 2.30. The van der Waals surface area contributed by atoms with Crippen LogP contribution in [0.2, 0.25) is 0 Å². The van der Waals surface area contributed by atoms with Crippen molar-refractivity contribution in [1.29, 1.82) is 0 Å². The molecule has 1 rings (SSSR count). The predicted molar refractivity (Wildman–Crippen MR) is 74.4 cm³/mol. The largest absolute Gasteiger partial charge is 0.398 e. The summed E-state index contributed by atoms with van der Waals surface area (Å²) in [5, 5.41) is 9.69. The summed E-state index contributed by atoms with van der Waals surface area (Å²) in [5.41, 5.74) is 8.61. The number of aliphatic hydroxyl groups excluding tert-OH is 1. The van der Waals surface area contributed by atoms with Crippen LogP contribution >= 0.6 is 15.9 Å². The molecule has 0 spiro atoms. The normalized spacial score (nSPS) is 12.5. The van der Waals surface area contributed by atoms with E-state index < -0.39 is 6.10 Å². The van der Waals surface area contributed by atoms with Gasteiger partial charge in [0.15, 0.2) is 0 Å². The molecule has 0 fully saturated rings. The van der Waals surface area contributed by atoms with Gasteiger partial charge in [0, 0.05) is 30.9 Å². The highest BCUT2D eigenvalue weighted by atomic mass is 79.9. The van der Waals surface area contributed by atoms with Crippen molar-refractivity contribution in [1.82, 2.24) is 0 Å². The molecule has 0 amide bonds. The third kappa shape index (κ3) is 3.87. The number of likely N-dealkylation sites (N-methyl/N-ethyl adjacent to an activating group) is 1. The van der Waals surface area contributed by atoms with Crippen molar-refractivity contribution >= 4 is 27.3 Å². The van der Waals surface area contributed by atoms with Gasteiger partial charge in [0.25, 0.3) is 0 Å². The topological polar surface area (TPSA) is 58.7 Å². The lowest BCUT2D eigenvalue weighted by Crippen LogP contribution is -2.32. The van der Waals surface area contributed by atoms with E-state index >= 15 is 0 Å². The van der Waals surface area contributed by atoms with E-state index in [-0.39, 0.29) is 0 Å². The molecule has 3 N–H and O–H groups in total. The zero-order valence-electron chi connectivity index (χ0n) is 10.4. The second kappa shape index (κ2) is 6.23. The molecule has 17 heavy (non-hydrogen) atoms. The van der Waals surface area contributed by atoms with Crippen LogP contribution in [0, 0.1) is 6.92 Å². The Kier molecular flexibility index (Phi) is 5.24. The molecule has 0 heterocycles. The molecule has 4 nitrogen and oxygen atoms in total. The first-order valence-corrected chi connectivity index (χ1v) is 6.18.